The van der Waals surface area contributed by atoms with Crippen molar-refractivity contribution in [2.75, 3.05) is 11.5 Å². The molecule has 16 heavy (non-hydrogen) atoms. The van der Waals surface area contributed by atoms with Gasteiger partial charge >= 0.3 is 5.97 Å². The zero-order valence-corrected chi connectivity index (χ0v) is 10.6. The first-order valence-electron chi connectivity index (χ1n) is 6.11. The van der Waals surface area contributed by atoms with Crippen LogP contribution in [0.15, 0.2) is 0 Å². The van der Waals surface area contributed by atoms with Gasteiger partial charge in [0.15, 0.2) is 5.60 Å². The number of aliphatic carboxylic acids is 1. The smallest absolute Gasteiger partial charge is 0.336 e. The minimum Gasteiger partial charge on any atom is -0.479 e. The van der Waals surface area contributed by atoms with Crippen LogP contribution in [0.5, 0.6) is 0 Å². The summed E-state index contributed by atoms with van der Waals surface area (Å²) in [7, 11) is 0. The maximum Gasteiger partial charge on any atom is 0.336 e. The Morgan fingerprint density at radius 1 is 1.50 bits per heavy atom. The minimum atomic E-state index is -0.883. The van der Waals surface area contributed by atoms with Gasteiger partial charge < -0.3 is 9.84 Å². The van der Waals surface area contributed by atoms with Crippen molar-refractivity contribution in [3.8, 4) is 0 Å². The van der Waals surface area contributed by atoms with Gasteiger partial charge in [-0.1, -0.05) is 19.8 Å². The van der Waals surface area contributed by atoms with Crippen molar-refractivity contribution in [3.05, 3.63) is 0 Å². The van der Waals surface area contributed by atoms with Gasteiger partial charge in [0.1, 0.15) is 0 Å². The third-order valence-corrected chi connectivity index (χ3v) is 4.82. The van der Waals surface area contributed by atoms with Gasteiger partial charge in [-0.15, -0.1) is 0 Å². The van der Waals surface area contributed by atoms with E-state index in [1.165, 1.54) is 12.8 Å². The van der Waals surface area contributed by atoms with E-state index >= 15 is 0 Å². The third kappa shape index (κ3) is 2.54. The molecule has 1 heterocycles. The maximum atomic E-state index is 11.3. The molecular formula is C12H20O3S. The quantitative estimate of drug-likeness (QED) is 0.828. The van der Waals surface area contributed by atoms with Crippen LogP contribution in [0.25, 0.3) is 0 Å². The van der Waals surface area contributed by atoms with E-state index in [2.05, 4.69) is 6.92 Å². The van der Waals surface area contributed by atoms with Crippen molar-refractivity contribution >= 4 is 17.7 Å². The molecule has 92 valence electrons. The van der Waals surface area contributed by atoms with E-state index in [9.17, 15) is 9.90 Å². The fourth-order valence-corrected chi connectivity index (χ4v) is 3.95. The summed E-state index contributed by atoms with van der Waals surface area (Å²) in [5, 5.41) is 9.32. The van der Waals surface area contributed by atoms with Crippen LogP contribution in [-0.2, 0) is 9.53 Å². The van der Waals surface area contributed by atoms with Crippen molar-refractivity contribution in [1.82, 2.24) is 0 Å². The van der Waals surface area contributed by atoms with Crippen LogP contribution in [0.4, 0.5) is 0 Å². The van der Waals surface area contributed by atoms with Crippen LogP contribution >= 0.6 is 11.8 Å². The number of rotatable bonds is 3. The summed E-state index contributed by atoms with van der Waals surface area (Å²) in [5.74, 6) is 1.44. The monoisotopic (exact) mass is 244 g/mol. The van der Waals surface area contributed by atoms with Crippen LogP contribution in [0.2, 0.25) is 0 Å². The van der Waals surface area contributed by atoms with E-state index in [4.69, 9.17) is 4.74 Å². The topological polar surface area (TPSA) is 46.5 Å². The first-order valence-corrected chi connectivity index (χ1v) is 7.27. The zero-order valence-electron chi connectivity index (χ0n) is 9.78. The number of carboxylic acids is 1. The molecule has 3 unspecified atom stereocenters. The van der Waals surface area contributed by atoms with Crippen LogP contribution in [0.1, 0.15) is 39.0 Å². The fourth-order valence-electron chi connectivity index (χ4n) is 2.66. The second-order valence-electron chi connectivity index (χ2n) is 5.11. The summed E-state index contributed by atoms with van der Waals surface area (Å²) in [6.45, 7) is 2.23. The summed E-state index contributed by atoms with van der Waals surface area (Å²) >= 11 is 1.69. The number of hydrogen-bond acceptors (Lipinski definition) is 3. The second kappa shape index (κ2) is 4.96. The van der Waals surface area contributed by atoms with Crippen LogP contribution in [0.3, 0.4) is 0 Å². The van der Waals surface area contributed by atoms with E-state index in [-0.39, 0.29) is 6.10 Å². The molecule has 3 nitrogen and oxygen atoms in total. The molecule has 3 atom stereocenters. The van der Waals surface area contributed by atoms with Crippen molar-refractivity contribution < 1.29 is 14.6 Å². The Kier molecular flexibility index (Phi) is 3.80. The maximum absolute atomic E-state index is 11.3. The highest BCUT2D eigenvalue weighted by Crippen LogP contribution is 2.36. The molecule has 2 rings (SSSR count). The molecule has 2 aliphatic rings. The lowest BCUT2D eigenvalue weighted by Gasteiger charge is -2.33. The Balaban J connectivity index is 1.97. The van der Waals surface area contributed by atoms with Crippen LogP contribution in [0, 0.1) is 5.92 Å². The number of carbonyl (C=O) groups is 1. The molecule has 1 saturated heterocycles. The number of carboxylic acid groups (broad SMARTS) is 1. The summed E-state index contributed by atoms with van der Waals surface area (Å²) < 4.78 is 5.95. The Bertz CT molecular complexity index is 261. The number of thioether (sulfide) groups is 1. The fraction of sp³-hybridized carbons (Fsp3) is 0.917. The molecule has 0 amide bonds. The highest BCUT2D eigenvalue weighted by Gasteiger charge is 2.45. The van der Waals surface area contributed by atoms with Gasteiger partial charge in [-0.3, -0.25) is 0 Å². The van der Waals surface area contributed by atoms with E-state index in [0.29, 0.717) is 18.1 Å². The molecular weight excluding hydrogens is 224 g/mol. The Morgan fingerprint density at radius 3 is 2.88 bits per heavy atom. The standard InChI is InChI=1S/C12H20O3S/c1-9-3-2-4-10(7-9)15-12(11(13)14)5-6-16-8-12/h9-10H,2-8H2,1H3,(H,13,14). The van der Waals surface area contributed by atoms with Crippen molar-refractivity contribution in [2.24, 2.45) is 5.92 Å². The molecule has 1 N–H and O–H groups in total. The van der Waals surface area contributed by atoms with Crippen LogP contribution < -0.4 is 0 Å². The average Bonchev–Trinajstić information content (AvgIpc) is 2.67. The predicted molar refractivity (Wildman–Crippen MR) is 64.8 cm³/mol. The van der Waals surface area contributed by atoms with Gasteiger partial charge in [-0.05, 0) is 30.9 Å². The zero-order chi connectivity index (χ0) is 11.6. The minimum absolute atomic E-state index is 0.165. The van der Waals surface area contributed by atoms with E-state index in [1.807, 2.05) is 0 Å². The van der Waals surface area contributed by atoms with Gasteiger partial charge in [0.25, 0.3) is 0 Å². The predicted octanol–water partition coefficient (Wildman–Crippen LogP) is 2.54. The van der Waals surface area contributed by atoms with E-state index in [0.717, 1.165) is 18.6 Å². The van der Waals surface area contributed by atoms with Gasteiger partial charge in [0.05, 0.1) is 6.10 Å². The molecule has 2 fully saturated rings. The molecule has 1 saturated carbocycles. The largest absolute Gasteiger partial charge is 0.479 e. The van der Waals surface area contributed by atoms with Crippen molar-refractivity contribution in [2.45, 2.75) is 50.7 Å². The van der Waals surface area contributed by atoms with Gasteiger partial charge in [-0.25, -0.2) is 4.79 Å². The summed E-state index contributed by atoms with van der Waals surface area (Å²) in [4.78, 5) is 11.3. The molecule has 4 heteroatoms. The summed E-state index contributed by atoms with van der Waals surface area (Å²) in [6.07, 6.45) is 5.32. The summed E-state index contributed by atoms with van der Waals surface area (Å²) in [6, 6.07) is 0. The lowest BCUT2D eigenvalue weighted by atomic mass is 9.88. The molecule has 0 aromatic heterocycles. The van der Waals surface area contributed by atoms with Gasteiger partial charge in [-0.2, -0.15) is 11.8 Å². The Labute approximate surface area is 101 Å². The SMILES string of the molecule is CC1CCCC(OC2(C(=O)O)CCSC2)C1. The molecule has 1 aliphatic heterocycles. The van der Waals surface area contributed by atoms with E-state index in [1.54, 1.807) is 11.8 Å². The van der Waals surface area contributed by atoms with Crippen molar-refractivity contribution in [1.29, 1.82) is 0 Å². The first kappa shape index (κ1) is 12.2. The Hall–Kier alpha value is -0.220. The number of ether oxygens (including phenoxy) is 1. The number of hydrogen-bond donors (Lipinski definition) is 1. The first-order chi connectivity index (χ1) is 7.62. The molecule has 0 bridgehead atoms. The van der Waals surface area contributed by atoms with Crippen LogP contribution in [-0.4, -0.2) is 34.3 Å². The van der Waals surface area contributed by atoms with Gasteiger partial charge in [0, 0.05) is 5.75 Å². The lowest BCUT2D eigenvalue weighted by Crippen LogP contribution is -2.45. The highest BCUT2D eigenvalue weighted by atomic mass is 32.2. The molecule has 0 radical (unpaired) electrons. The Morgan fingerprint density at radius 2 is 2.31 bits per heavy atom. The summed E-state index contributed by atoms with van der Waals surface area (Å²) in [5.41, 5.74) is -0.883. The molecule has 0 spiro atoms. The second-order valence-corrected chi connectivity index (χ2v) is 6.22. The molecule has 0 aromatic rings. The van der Waals surface area contributed by atoms with Gasteiger partial charge in [0.2, 0.25) is 0 Å². The highest BCUT2D eigenvalue weighted by molar-refractivity contribution is 7.99. The van der Waals surface area contributed by atoms with Crippen molar-refractivity contribution in [3.63, 3.8) is 0 Å². The molecule has 1 aliphatic carbocycles. The average molecular weight is 244 g/mol. The normalized spacial score (nSPS) is 39.8. The van der Waals surface area contributed by atoms with E-state index < -0.39 is 11.6 Å². The lowest BCUT2D eigenvalue weighted by molar-refractivity contribution is -0.172. The molecule has 0 aromatic carbocycles. The third-order valence-electron chi connectivity index (χ3n) is 3.66.